The number of carbonyl (C=O) groups excluding carboxylic acids is 1. The number of carbonyl (C=O) groups is 1. The van der Waals surface area contributed by atoms with Crippen molar-refractivity contribution in [3.8, 4) is 5.75 Å². The summed E-state index contributed by atoms with van der Waals surface area (Å²) in [6.45, 7) is 4.37. The number of hydrogen-bond donors (Lipinski definition) is 1. The highest BCUT2D eigenvalue weighted by Crippen LogP contribution is 2.37. The zero-order chi connectivity index (χ0) is 27.0. The second-order valence-electron chi connectivity index (χ2n) is 8.99. The van der Waals surface area contributed by atoms with Crippen molar-refractivity contribution >= 4 is 23.4 Å². The molecule has 1 amide bonds. The van der Waals surface area contributed by atoms with Crippen LogP contribution < -0.4 is 10.2 Å². The summed E-state index contributed by atoms with van der Waals surface area (Å²) in [6, 6.07) is 11.1. The molecule has 1 fully saturated rings. The van der Waals surface area contributed by atoms with Gasteiger partial charge in [-0.15, -0.1) is 0 Å². The highest BCUT2D eigenvalue weighted by molar-refractivity contribution is 6.06. The van der Waals surface area contributed by atoms with Gasteiger partial charge in [0.2, 0.25) is 5.76 Å². The maximum absolute atomic E-state index is 13.8. The largest absolute Gasteiger partial charge is 0.542 e. The van der Waals surface area contributed by atoms with Crippen LogP contribution in [0.2, 0.25) is 0 Å². The van der Waals surface area contributed by atoms with Crippen molar-refractivity contribution in [2.45, 2.75) is 18.6 Å². The van der Waals surface area contributed by atoms with Crippen LogP contribution in [0.3, 0.4) is 0 Å². The molecule has 4 rings (SSSR count). The van der Waals surface area contributed by atoms with Gasteiger partial charge in [-0.2, -0.15) is 13.2 Å². The lowest BCUT2D eigenvalue weighted by Gasteiger charge is -2.45. The van der Waals surface area contributed by atoms with Crippen LogP contribution in [0.4, 0.5) is 13.2 Å². The van der Waals surface area contributed by atoms with E-state index in [1.807, 2.05) is 11.9 Å². The summed E-state index contributed by atoms with van der Waals surface area (Å²) in [5.74, 6) is -0.106. The van der Waals surface area contributed by atoms with Crippen LogP contribution in [0.1, 0.15) is 23.6 Å². The molecule has 2 heterocycles. The smallest absolute Gasteiger partial charge is 0.416 e. The van der Waals surface area contributed by atoms with E-state index in [2.05, 4.69) is 10.3 Å². The average Bonchev–Trinajstić information content (AvgIpc) is 3.17. The normalized spacial score (nSPS) is 22.7. The van der Waals surface area contributed by atoms with Gasteiger partial charge in [-0.25, -0.2) is 5.43 Å². The topological polar surface area (TPSA) is 80.3 Å². The second kappa shape index (κ2) is 10.0. The molecule has 2 unspecified atom stereocenters. The van der Waals surface area contributed by atoms with Gasteiger partial charge in [0, 0.05) is 31.7 Å². The molecular weight excluding hydrogens is 515 g/mol. The van der Waals surface area contributed by atoms with E-state index in [0.717, 1.165) is 43.6 Å². The minimum atomic E-state index is -4.51. The molecule has 0 aliphatic carbocycles. The summed E-state index contributed by atoms with van der Waals surface area (Å²) < 4.78 is 42.1. The first-order valence-corrected chi connectivity index (χ1v) is 11.8. The molecule has 13 heteroatoms. The van der Waals surface area contributed by atoms with Crippen LogP contribution in [-0.2, 0) is 21.3 Å². The molecule has 0 bridgehead atoms. The van der Waals surface area contributed by atoms with Crippen LogP contribution in [0.25, 0.3) is 5.76 Å². The number of rotatable bonds is 6. The molecule has 2 atom stereocenters. The predicted octanol–water partition coefficient (Wildman–Crippen LogP) is 3.84. The monoisotopic (exact) mass is 541 g/mol. The maximum Gasteiger partial charge on any atom is 0.416 e. The standard InChI is InChI=1S/C24H27ClF3N5O4/c1-23(31-13-11-30(2)12-14-31,19-5-4-6-20(15-19)36-3)22(34)29-32-16-21(37-33(32,25)35)17-7-9-18(10-8-17)24(26,27)28/h4-10,15-16H,11-14H2,1-3H3,(H,29,34). The van der Waals surface area contributed by atoms with Gasteiger partial charge < -0.3 is 14.8 Å². The average molecular weight is 542 g/mol. The van der Waals surface area contributed by atoms with Gasteiger partial charge >= 0.3 is 6.18 Å². The van der Waals surface area contributed by atoms with Gasteiger partial charge in [-0.3, -0.25) is 14.5 Å². The van der Waals surface area contributed by atoms with Crippen LogP contribution in [-0.4, -0.2) is 65.6 Å². The van der Waals surface area contributed by atoms with Gasteiger partial charge in [-0.05, 0) is 43.8 Å². The number of quaternary nitrogens is 1. The molecule has 1 saturated heterocycles. The molecule has 37 heavy (non-hydrogen) atoms. The number of nitrogens with one attached hydrogen (secondary N) is 1. The number of likely N-dealkylation sites (N-methyl/N-ethyl adjacent to an activating group) is 1. The Labute approximate surface area is 217 Å². The first-order chi connectivity index (χ1) is 17.3. The lowest BCUT2D eigenvalue weighted by Crippen LogP contribution is -2.63. The van der Waals surface area contributed by atoms with E-state index in [1.165, 1.54) is 7.11 Å². The third-order valence-corrected chi connectivity index (χ3v) is 6.86. The minimum absolute atomic E-state index is 0.110. The number of hydrogen-bond acceptors (Lipinski definition) is 7. The van der Waals surface area contributed by atoms with E-state index in [4.69, 9.17) is 21.4 Å². The first-order valence-electron chi connectivity index (χ1n) is 11.4. The van der Waals surface area contributed by atoms with Crippen LogP contribution in [0.5, 0.6) is 5.75 Å². The fourth-order valence-electron chi connectivity index (χ4n) is 4.26. The summed E-state index contributed by atoms with van der Waals surface area (Å²) in [5, 5.41) is 13.6. The zero-order valence-electron chi connectivity index (χ0n) is 20.5. The molecule has 2 aromatic rings. The number of benzene rings is 2. The van der Waals surface area contributed by atoms with Crippen molar-refractivity contribution < 1.29 is 32.0 Å². The summed E-state index contributed by atoms with van der Waals surface area (Å²) in [5.41, 5.74) is 1.28. The Bertz CT molecular complexity index is 1170. The van der Waals surface area contributed by atoms with E-state index in [9.17, 15) is 23.2 Å². The molecule has 0 aromatic heterocycles. The maximum atomic E-state index is 13.8. The number of piperazine rings is 1. The molecule has 2 aliphatic heterocycles. The number of alkyl halides is 3. The lowest BCUT2D eigenvalue weighted by atomic mass is 9.88. The molecule has 0 saturated carbocycles. The Morgan fingerprint density at radius 2 is 1.76 bits per heavy atom. The van der Waals surface area contributed by atoms with Crippen molar-refractivity contribution in [1.82, 2.24) is 20.3 Å². The van der Waals surface area contributed by atoms with Crippen molar-refractivity contribution in [2.24, 2.45) is 0 Å². The van der Waals surface area contributed by atoms with Gasteiger partial charge in [0.05, 0.1) is 17.1 Å². The van der Waals surface area contributed by atoms with Gasteiger partial charge in [0.25, 0.3) is 17.7 Å². The fourth-order valence-corrected chi connectivity index (χ4v) is 4.42. The number of hydrazine groups is 1. The van der Waals surface area contributed by atoms with Gasteiger partial charge in [0.1, 0.15) is 17.5 Å². The van der Waals surface area contributed by atoms with E-state index in [-0.39, 0.29) is 11.3 Å². The number of halogens is 4. The quantitative estimate of drug-likeness (QED) is 0.440. The molecular formula is C24H27ClF3N5O4. The lowest BCUT2D eigenvalue weighted by molar-refractivity contribution is -1.04. The van der Waals surface area contributed by atoms with Crippen molar-refractivity contribution in [1.29, 1.82) is 0 Å². The first kappa shape index (κ1) is 27.0. The number of amides is 1. The highest BCUT2D eigenvalue weighted by atomic mass is 35.5. The predicted molar refractivity (Wildman–Crippen MR) is 129 cm³/mol. The van der Waals surface area contributed by atoms with Crippen LogP contribution >= 0.6 is 11.8 Å². The summed E-state index contributed by atoms with van der Waals surface area (Å²) >= 11 is 5.97. The SMILES string of the molecule is COc1cccc(C(C)(C(=O)NN2C=C(c3ccc(C(F)(F)F)cc3)O[N+]2([O-])Cl)N2CCN(C)CC2)c1. The van der Waals surface area contributed by atoms with Crippen LogP contribution in [0.15, 0.2) is 54.7 Å². The van der Waals surface area contributed by atoms with Crippen molar-refractivity contribution in [3.63, 3.8) is 0 Å². The Hall–Kier alpha value is -3.03. The van der Waals surface area contributed by atoms with E-state index >= 15 is 0 Å². The third kappa shape index (κ3) is 5.48. The Morgan fingerprint density at radius 3 is 2.35 bits per heavy atom. The molecule has 0 radical (unpaired) electrons. The second-order valence-corrected chi connectivity index (χ2v) is 9.42. The van der Waals surface area contributed by atoms with Crippen LogP contribution in [0, 0.1) is 5.21 Å². The Morgan fingerprint density at radius 1 is 1.11 bits per heavy atom. The number of methoxy groups -OCH3 is 1. The Balaban J connectivity index is 1.63. The van der Waals surface area contributed by atoms with E-state index in [1.54, 1.807) is 31.2 Å². The molecule has 0 spiro atoms. The fraction of sp³-hybridized carbons (Fsp3) is 0.375. The van der Waals surface area contributed by atoms with Crippen molar-refractivity contribution in [3.05, 3.63) is 76.6 Å². The van der Waals surface area contributed by atoms with E-state index in [0.29, 0.717) is 29.5 Å². The Kier molecular flexibility index (Phi) is 7.32. The highest BCUT2D eigenvalue weighted by Gasteiger charge is 2.46. The van der Waals surface area contributed by atoms with Gasteiger partial charge in [-0.1, -0.05) is 29.4 Å². The summed E-state index contributed by atoms with van der Waals surface area (Å²) in [4.78, 5) is 23.2. The minimum Gasteiger partial charge on any atom is -0.542 e. The van der Waals surface area contributed by atoms with Gasteiger partial charge in [0.15, 0.2) is 0 Å². The number of nitrogens with zero attached hydrogens (tertiary/aromatic N) is 4. The molecule has 9 nitrogen and oxygen atoms in total. The molecule has 2 aliphatic rings. The zero-order valence-corrected chi connectivity index (χ0v) is 21.2. The summed E-state index contributed by atoms with van der Waals surface area (Å²) in [6.07, 6.45) is -3.38. The summed E-state index contributed by atoms with van der Waals surface area (Å²) in [7, 11) is 3.52. The van der Waals surface area contributed by atoms with Crippen molar-refractivity contribution in [2.75, 3.05) is 40.3 Å². The third-order valence-electron chi connectivity index (χ3n) is 6.63. The number of ether oxygens (including phenoxy) is 1. The molecule has 200 valence electrons. The molecule has 2 aromatic carbocycles. The van der Waals surface area contributed by atoms with E-state index < -0.39 is 27.6 Å². The molecule has 1 N–H and O–H groups in total.